The average molecular weight is 1010 g/mol. The molecule has 8 N–H and O–H groups in total. The number of aromatic hydroxyl groups is 2. The van der Waals surface area contributed by atoms with E-state index in [2.05, 4.69) is 59.2 Å². The summed E-state index contributed by atoms with van der Waals surface area (Å²) in [6.07, 6.45) is 2.61. The molecular weight excluding hydrogens is 939 g/mol. The molecule has 0 aliphatic heterocycles. The van der Waals surface area contributed by atoms with Crippen LogP contribution in [0.5, 0.6) is 34.5 Å². The van der Waals surface area contributed by atoms with Crippen molar-refractivity contribution in [3.8, 4) is 40.6 Å². The average Bonchev–Trinajstić information content (AvgIpc) is 3.31. The van der Waals surface area contributed by atoms with Crippen LogP contribution >= 0.6 is 37.2 Å². The molecule has 16 nitrogen and oxygen atoms in total. The molecule has 0 aromatic heterocycles. The summed E-state index contributed by atoms with van der Waals surface area (Å²) in [5, 5.41) is 60.8. The molecule has 1 aliphatic carbocycles. The molecule has 0 saturated carbocycles. The van der Waals surface area contributed by atoms with Crippen LogP contribution in [-0.2, 0) is 11.8 Å². The number of nitrogens with zero attached hydrogens (tertiary/aromatic N) is 2. The fourth-order valence-electron chi connectivity index (χ4n) is 7.86. The number of likely N-dealkylation sites (N-methyl/N-ethyl adjacent to an activating group) is 1. The van der Waals surface area contributed by atoms with Gasteiger partial charge in [-0.05, 0) is 98.4 Å². The van der Waals surface area contributed by atoms with Gasteiger partial charge < -0.3 is 65.5 Å². The number of aliphatic hydroxyl groups is 2. The number of anilines is 2. The summed E-state index contributed by atoms with van der Waals surface area (Å²) >= 11 is 0. The summed E-state index contributed by atoms with van der Waals surface area (Å²) in [5.74, 6) is 1.13. The lowest BCUT2D eigenvalue weighted by Gasteiger charge is -2.32. The predicted molar refractivity (Wildman–Crippen MR) is 273 cm³/mol. The topological polar surface area (TPSA) is 227 Å². The van der Waals surface area contributed by atoms with Gasteiger partial charge in [-0.25, -0.2) is 0 Å². The van der Waals surface area contributed by atoms with Gasteiger partial charge in [0.25, 0.3) is 0 Å². The lowest BCUT2D eigenvalue weighted by Crippen LogP contribution is -2.32. The molecule has 376 valence electrons. The largest absolute Gasteiger partial charge is 0.507 e. The number of hydrogen-bond donors (Lipinski definition) is 8. The third-order valence-electron chi connectivity index (χ3n) is 11.5. The van der Waals surface area contributed by atoms with Crippen molar-refractivity contribution in [2.45, 2.75) is 38.5 Å². The smallest absolute Gasteiger partial charge is 0.200 e. The van der Waals surface area contributed by atoms with Crippen LogP contribution in [0.1, 0.15) is 69.7 Å². The minimum atomic E-state index is -0.580. The van der Waals surface area contributed by atoms with Crippen molar-refractivity contribution < 1.29 is 49.0 Å². The molecule has 1 unspecified atom stereocenters. The molecule has 0 radical (unpaired) electrons. The predicted octanol–water partition coefficient (Wildman–Crippen LogP) is 6.22. The third-order valence-corrected chi connectivity index (χ3v) is 11.5. The van der Waals surface area contributed by atoms with Crippen LogP contribution < -0.4 is 40.2 Å². The fourth-order valence-corrected chi connectivity index (χ4v) is 7.86. The van der Waals surface area contributed by atoms with Crippen molar-refractivity contribution in [1.29, 1.82) is 5.26 Å². The zero-order valence-corrected chi connectivity index (χ0v) is 42.4. The molecule has 5 rings (SSSR count). The maximum absolute atomic E-state index is 13.4. The van der Waals surface area contributed by atoms with Gasteiger partial charge in [0.05, 0.1) is 75.4 Å². The van der Waals surface area contributed by atoms with Gasteiger partial charge >= 0.3 is 0 Å². The van der Waals surface area contributed by atoms with Crippen molar-refractivity contribution >= 4 is 60.2 Å². The molecule has 0 fully saturated rings. The van der Waals surface area contributed by atoms with Gasteiger partial charge in [0, 0.05) is 57.2 Å². The minimum absolute atomic E-state index is 0. The van der Waals surface area contributed by atoms with Gasteiger partial charge in [0.15, 0.2) is 23.0 Å². The zero-order valence-electron chi connectivity index (χ0n) is 39.9. The number of ether oxygens (including phenoxy) is 4. The Morgan fingerprint density at radius 3 is 1.54 bits per heavy atom. The normalized spacial score (nSPS) is 12.1. The number of aliphatic hydroxyl groups excluding tert-OH is 2. The van der Waals surface area contributed by atoms with E-state index in [0.717, 1.165) is 49.4 Å². The molecule has 68 heavy (non-hydrogen) atoms. The Morgan fingerprint density at radius 1 is 0.632 bits per heavy atom. The van der Waals surface area contributed by atoms with Gasteiger partial charge in [0.2, 0.25) is 11.6 Å². The lowest BCUT2D eigenvalue weighted by molar-refractivity contribution is 0.0975. The Morgan fingerprint density at radius 2 is 1.10 bits per heavy atom. The van der Waals surface area contributed by atoms with E-state index in [4.69, 9.17) is 29.2 Å². The second-order valence-electron chi connectivity index (χ2n) is 15.9. The van der Waals surface area contributed by atoms with E-state index in [1.807, 2.05) is 30.3 Å². The Bertz CT molecular complexity index is 2190. The van der Waals surface area contributed by atoms with Crippen LogP contribution in [0.4, 0.5) is 11.4 Å². The molecule has 0 heterocycles. The SMILES string of the molecule is COc1ccc(CCN(C)CCCC(C#N)(c2ccc(OC)c(OC)c2)C(C)C)cc1OC.Cl.Cl.Cl.O=C1c2c(O)ccc(O)c2C(=O)c2c(NCCNCCO)ccc(NCCNCCO)c21. The maximum Gasteiger partial charge on any atom is 0.200 e. The Balaban J connectivity index is 0.000000651. The first-order valence-electron chi connectivity index (χ1n) is 21.8. The van der Waals surface area contributed by atoms with Crippen LogP contribution in [0.2, 0.25) is 0 Å². The Labute approximate surface area is 418 Å². The van der Waals surface area contributed by atoms with Crippen molar-refractivity contribution in [1.82, 2.24) is 15.5 Å². The molecule has 19 heteroatoms. The lowest BCUT2D eigenvalue weighted by atomic mass is 9.69. The molecule has 4 aromatic carbocycles. The molecule has 0 saturated heterocycles. The number of ketones is 2. The van der Waals surface area contributed by atoms with Crippen LogP contribution in [-0.4, -0.2) is 138 Å². The van der Waals surface area contributed by atoms with E-state index >= 15 is 0 Å². The number of nitriles is 1. The standard InChI is InChI=1S/C27H38N2O4.C22H28N4O6.3ClH/c1-20(2)27(19-28,22-10-12-24(31-5)26(18-22)33-7)14-8-15-29(3)16-13-21-9-11-23(30-4)25(17-21)32-6;27-11-9-23-5-7-25-13-1-2-14(26-8-6-24-10-12-28)18-17(13)21(31)19-15(29)3-4-16(30)20(19)22(18)32;;;/h9-12,17-18,20H,8,13-16H2,1-7H3;1-4,23-30H,5-12H2;3*1H. The van der Waals surface area contributed by atoms with Gasteiger partial charge in [0.1, 0.15) is 11.5 Å². The number of nitrogens with one attached hydrogen (secondary N) is 4. The third kappa shape index (κ3) is 15.1. The van der Waals surface area contributed by atoms with Crippen molar-refractivity contribution in [3.63, 3.8) is 0 Å². The number of phenolic OH excluding ortho intramolecular Hbond substituents is 2. The zero-order chi connectivity index (χ0) is 47.5. The first-order valence-corrected chi connectivity index (χ1v) is 21.8. The number of carbonyl (C=O) groups excluding carboxylic acids is 2. The van der Waals surface area contributed by atoms with Crippen LogP contribution in [0.25, 0.3) is 0 Å². The van der Waals surface area contributed by atoms with E-state index < -0.39 is 17.0 Å². The van der Waals surface area contributed by atoms with Crippen LogP contribution in [0.15, 0.2) is 60.7 Å². The quantitative estimate of drug-likeness (QED) is 0.0240. The van der Waals surface area contributed by atoms with Gasteiger partial charge in [-0.3, -0.25) is 9.59 Å². The highest BCUT2D eigenvalue weighted by molar-refractivity contribution is 6.33. The summed E-state index contributed by atoms with van der Waals surface area (Å²) < 4.78 is 21.6. The highest BCUT2D eigenvalue weighted by atomic mass is 35.5. The van der Waals surface area contributed by atoms with Crippen molar-refractivity contribution in [3.05, 3.63) is 94.0 Å². The van der Waals surface area contributed by atoms with E-state index in [9.17, 15) is 25.1 Å². The minimum Gasteiger partial charge on any atom is -0.507 e. The van der Waals surface area contributed by atoms with E-state index in [1.54, 1.807) is 40.6 Å². The highest BCUT2D eigenvalue weighted by Crippen LogP contribution is 2.43. The number of methoxy groups -OCH3 is 4. The molecule has 4 aromatic rings. The number of phenols is 2. The fraction of sp³-hybridized carbons (Fsp3) is 0.449. The molecule has 1 aliphatic rings. The number of hydrogen-bond acceptors (Lipinski definition) is 16. The molecule has 1 atom stereocenters. The molecule has 0 spiro atoms. The molecular formula is C49H69Cl3N6O10. The monoisotopic (exact) mass is 1010 g/mol. The first kappa shape index (κ1) is 60.8. The second-order valence-corrected chi connectivity index (χ2v) is 15.9. The summed E-state index contributed by atoms with van der Waals surface area (Å²) in [5.41, 5.74) is 2.28. The number of fused-ring (bicyclic) bond motifs is 2. The maximum atomic E-state index is 13.4. The van der Waals surface area contributed by atoms with Gasteiger partial charge in [-0.1, -0.05) is 26.0 Å². The Kier molecular flexibility index (Phi) is 27.1. The van der Waals surface area contributed by atoms with E-state index in [0.29, 0.717) is 62.1 Å². The second kappa shape index (κ2) is 30.3. The Hall–Kier alpha value is -5.22. The number of rotatable bonds is 25. The number of halogens is 3. The molecule has 0 bridgehead atoms. The van der Waals surface area contributed by atoms with E-state index in [1.165, 1.54) is 17.7 Å². The van der Waals surface area contributed by atoms with Gasteiger partial charge in [-0.15, -0.1) is 37.2 Å². The van der Waals surface area contributed by atoms with Crippen molar-refractivity contribution in [2.24, 2.45) is 5.92 Å². The summed E-state index contributed by atoms with van der Waals surface area (Å²) in [6, 6.07) is 20.3. The van der Waals surface area contributed by atoms with E-state index in [-0.39, 0.29) is 90.1 Å². The first-order chi connectivity index (χ1) is 31.3. The van der Waals surface area contributed by atoms with Gasteiger partial charge in [-0.2, -0.15) is 5.26 Å². The highest BCUT2D eigenvalue weighted by Gasteiger charge is 2.38. The van der Waals surface area contributed by atoms with Crippen LogP contribution in [0.3, 0.4) is 0 Å². The summed E-state index contributed by atoms with van der Waals surface area (Å²) in [4.78, 5) is 29.1. The van der Waals surface area contributed by atoms with Crippen LogP contribution in [0, 0.1) is 17.2 Å². The number of carbonyl (C=O) groups is 2. The molecule has 0 amide bonds. The number of benzene rings is 4. The summed E-state index contributed by atoms with van der Waals surface area (Å²) in [7, 11) is 8.67. The van der Waals surface area contributed by atoms with Crippen molar-refractivity contribution in [2.75, 3.05) is 112 Å². The summed E-state index contributed by atoms with van der Waals surface area (Å²) in [6.45, 7) is 8.87.